The van der Waals surface area contributed by atoms with E-state index in [-0.39, 0.29) is 41.7 Å². The number of nitrogens with zero attached hydrogens (tertiary/aromatic N) is 3. The first-order valence-electron chi connectivity index (χ1n) is 17.1. The highest BCUT2D eigenvalue weighted by atomic mass is 35.5. The molecule has 0 radical (unpaired) electrons. The minimum atomic E-state index is -4.85. The topological polar surface area (TPSA) is 157 Å². The van der Waals surface area contributed by atoms with E-state index in [0.717, 1.165) is 22.9 Å². The third-order valence-corrected chi connectivity index (χ3v) is 10.6. The van der Waals surface area contributed by atoms with Gasteiger partial charge in [0, 0.05) is 54.7 Å². The predicted molar refractivity (Wildman–Crippen MR) is 190 cm³/mol. The highest BCUT2D eigenvalue weighted by Gasteiger charge is 2.45. The van der Waals surface area contributed by atoms with Gasteiger partial charge in [-0.15, -0.1) is 11.6 Å². The van der Waals surface area contributed by atoms with Crippen molar-refractivity contribution in [2.75, 3.05) is 35.4 Å². The highest BCUT2D eigenvalue weighted by Crippen LogP contribution is 2.49. The molecule has 0 aromatic heterocycles. The van der Waals surface area contributed by atoms with Crippen molar-refractivity contribution in [2.45, 2.75) is 77.5 Å². The van der Waals surface area contributed by atoms with Crippen molar-refractivity contribution in [1.82, 2.24) is 4.90 Å². The van der Waals surface area contributed by atoms with E-state index >= 15 is 0 Å². The van der Waals surface area contributed by atoms with Gasteiger partial charge >= 0.3 is 7.82 Å². The maximum atomic E-state index is 13.5. The van der Waals surface area contributed by atoms with E-state index in [1.807, 2.05) is 19.1 Å². The number of phosphoric ester groups is 1. The number of rotatable bonds is 11. The summed E-state index contributed by atoms with van der Waals surface area (Å²) in [5.74, 6) is -0.341. The Morgan fingerprint density at radius 1 is 1.04 bits per heavy atom. The average Bonchev–Trinajstić information content (AvgIpc) is 3.70. The van der Waals surface area contributed by atoms with Crippen LogP contribution in [-0.2, 0) is 14.2 Å². The zero-order valence-electron chi connectivity index (χ0n) is 28.4. The molecule has 50 heavy (non-hydrogen) atoms. The Hall–Kier alpha value is -3.67. The fourth-order valence-electron chi connectivity index (χ4n) is 7.41. The van der Waals surface area contributed by atoms with E-state index < -0.39 is 26.0 Å². The molecule has 6 rings (SSSR count). The van der Waals surface area contributed by atoms with Crippen LogP contribution in [0.5, 0.6) is 11.5 Å². The molecule has 12 nitrogen and oxygen atoms in total. The molecule has 1 unspecified atom stereocenters. The molecule has 0 aliphatic carbocycles. The number of alkyl halides is 1. The Morgan fingerprint density at radius 2 is 1.76 bits per heavy atom. The van der Waals surface area contributed by atoms with Gasteiger partial charge in [-0.3, -0.25) is 29.1 Å². The monoisotopic (exact) mass is 727 g/mol. The van der Waals surface area contributed by atoms with Crippen LogP contribution >= 0.6 is 19.4 Å². The molecule has 268 valence electrons. The van der Waals surface area contributed by atoms with Crippen LogP contribution in [0.15, 0.2) is 42.5 Å². The summed E-state index contributed by atoms with van der Waals surface area (Å²) >= 11 is 6.34. The number of aliphatic hydroxyl groups excluding tert-OH is 1. The lowest BCUT2D eigenvalue weighted by Gasteiger charge is -2.33. The lowest BCUT2D eigenvalue weighted by Crippen LogP contribution is -2.51. The lowest BCUT2D eigenvalue weighted by atomic mass is 9.95. The molecule has 3 aromatic rings. The van der Waals surface area contributed by atoms with Gasteiger partial charge in [0.2, 0.25) is 11.8 Å². The minimum Gasteiger partial charge on any atom is -0.493 e. The summed E-state index contributed by atoms with van der Waals surface area (Å²) in [5, 5.41) is 12.6. The molecule has 3 aliphatic rings. The number of hydrogen-bond donors (Lipinski definition) is 3. The summed E-state index contributed by atoms with van der Waals surface area (Å²) < 4.78 is 22.9. The van der Waals surface area contributed by atoms with Crippen LogP contribution in [-0.4, -0.2) is 75.4 Å². The number of halogens is 1. The largest absolute Gasteiger partial charge is 0.524 e. The fourth-order valence-corrected chi connectivity index (χ4v) is 8.06. The maximum absolute atomic E-state index is 13.5. The molecular weight excluding hydrogens is 685 g/mol. The second-order valence-corrected chi connectivity index (χ2v) is 15.0. The number of aryl methyl sites for hydroxylation is 1. The van der Waals surface area contributed by atoms with Crippen LogP contribution in [0.2, 0.25) is 0 Å². The quantitative estimate of drug-likeness (QED) is 0.125. The summed E-state index contributed by atoms with van der Waals surface area (Å²) in [6.07, 6.45) is 2.39. The van der Waals surface area contributed by atoms with E-state index in [1.165, 1.54) is 11.0 Å². The first-order valence-corrected chi connectivity index (χ1v) is 19.1. The number of benzene rings is 3. The zero-order valence-corrected chi connectivity index (χ0v) is 30.0. The van der Waals surface area contributed by atoms with Crippen LogP contribution in [0.1, 0.15) is 79.8 Å². The van der Waals surface area contributed by atoms with Crippen LogP contribution in [0, 0.1) is 12.8 Å². The molecular formula is C36H43ClN3O9P. The summed E-state index contributed by atoms with van der Waals surface area (Å²) in [7, 11) is -4.85. The third-order valence-electron chi connectivity index (χ3n) is 9.81. The first kappa shape index (κ1) is 36.1. The van der Waals surface area contributed by atoms with Crippen molar-refractivity contribution in [2.24, 2.45) is 5.92 Å². The number of hydrogen-bond acceptors (Lipinski definition) is 7. The predicted octanol–water partition coefficient (Wildman–Crippen LogP) is 5.85. The van der Waals surface area contributed by atoms with Gasteiger partial charge in [0.05, 0.1) is 29.6 Å². The first-order chi connectivity index (χ1) is 23.8. The molecule has 0 spiro atoms. The standard InChI is InChI=1S/C36H43ClN3O9P/c1-21(2)34(42)40-28-17-30(22(3)16-26(28)35(43)38-14-9-12-27(38)36(40)44)48-15-8-4-5-13-32(41)39-20-23(19-37)33-25-11-7-6-10-24(25)31(18-29(33)39)49-50(45,46)47/h6-7,10-11,16-18,21,23,27,36,44H,4-5,8-9,12-15,19-20H2,1-3H3,(H2,45,46,47)/t23-,27+,36?/m1/s1. The molecule has 3 amide bonds. The van der Waals surface area contributed by atoms with Gasteiger partial charge in [-0.1, -0.05) is 38.1 Å². The van der Waals surface area contributed by atoms with Gasteiger partial charge < -0.3 is 24.2 Å². The van der Waals surface area contributed by atoms with E-state index in [2.05, 4.69) is 0 Å². The van der Waals surface area contributed by atoms with E-state index in [9.17, 15) is 33.8 Å². The molecule has 0 saturated carbocycles. The summed E-state index contributed by atoms with van der Waals surface area (Å²) in [4.78, 5) is 64.1. The zero-order chi connectivity index (χ0) is 35.9. The second-order valence-electron chi connectivity index (χ2n) is 13.6. The number of phosphoric acid groups is 1. The van der Waals surface area contributed by atoms with Crippen molar-refractivity contribution < 1.29 is 43.1 Å². The number of anilines is 2. The van der Waals surface area contributed by atoms with Crippen LogP contribution in [0.25, 0.3) is 10.8 Å². The molecule has 14 heteroatoms. The number of unbranched alkanes of at least 4 members (excludes halogenated alkanes) is 2. The molecule has 1 fully saturated rings. The van der Waals surface area contributed by atoms with Crippen molar-refractivity contribution in [3.05, 3.63) is 59.2 Å². The van der Waals surface area contributed by atoms with Crippen molar-refractivity contribution >= 4 is 59.3 Å². The molecule has 3 heterocycles. The van der Waals surface area contributed by atoms with Crippen molar-refractivity contribution in [3.8, 4) is 11.5 Å². The van der Waals surface area contributed by atoms with Gasteiger partial charge in [0.25, 0.3) is 5.91 Å². The Kier molecular flexibility index (Phi) is 10.5. The molecule has 1 saturated heterocycles. The van der Waals surface area contributed by atoms with Gasteiger partial charge in [-0.2, -0.15) is 0 Å². The fraction of sp³-hybridized carbons (Fsp3) is 0.472. The number of fused-ring (bicyclic) bond motifs is 5. The average molecular weight is 728 g/mol. The Balaban J connectivity index is 1.11. The molecule has 3 N–H and O–H groups in total. The normalized spacial score (nSPS) is 20.2. The van der Waals surface area contributed by atoms with Gasteiger partial charge in [-0.05, 0) is 61.6 Å². The van der Waals surface area contributed by atoms with Crippen LogP contribution < -0.4 is 19.1 Å². The molecule has 3 aliphatic heterocycles. The molecule has 0 bridgehead atoms. The summed E-state index contributed by atoms with van der Waals surface area (Å²) in [6, 6.07) is 11.6. The Morgan fingerprint density at radius 3 is 2.46 bits per heavy atom. The minimum absolute atomic E-state index is 0.00174. The number of carbonyl (C=O) groups excluding carboxylic acids is 3. The second kappa shape index (κ2) is 14.5. The third kappa shape index (κ3) is 6.96. The van der Waals surface area contributed by atoms with Crippen molar-refractivity contribution in [3.63, 3.8) is 0 Å². The Bertz CT molecular complexity index is 1860. The van der Waals surface area contributed by atoms with Crippen LogP contribution in [0.4, 0.5) is 11.4 Å². The smallest absolute Gasteiger partial charge is 0.493 e. The number of aliphatic hydroxyl groups is 1. The van der Waals surface area contributed by atoms with Crippen LogP contribution in [0.3, 0.4) is 0 Å². The number of amides is 3. The number of carbonyl (C=O) groups is 3. The van der Waals surface area contributed by atoms with Gasteiger partial charge in [0.15, 0.2) is 6.23 Å². The highest BCUT2D eigenvalue weighted by molar-refractivity contribution is 7.46. The Labute approximate surface area is 296 Å². The maximum Gasteiger partial charge on any atom is 0.524 e. The number of ether oxygens (including phenoxy) is 1. The molecule has 3 atom stereocenters. The summed E-state index contributed by atoms with van der Waals surface area (Å²) in [6.45, 7) is 6.61. The van der Waals surface area contributed by atoms with Crippen molar-refractivity contribution in [1.29, 1.82) is 0 Å². The summed E-state index contributed by atoms with van der Waals surface area (Å²) in [5.41, 5.74) is 2.87. The van der Waals surface area contributed by atoms with Gasteiger partial charge in [0.1, 0.15) is 11.5 Å². The lowest BCUT2D eigenvalue weighted by molar-refractivity contribution is -0.124. The van der Waals surface area contributed by atoms with Gasteiger partial charge in [-0.25, -0.2) is 4.57 Å². The van der Waals surface area contributed by atoms with E-state index in [0.29, 0.717) is 73.5 Å². The van der Waals surface area contributed by atoms with E-state index in [4.69, 9.17) is 20.9 Å². The molecule has 3 aromatic carbocycles. The van der Waals surface area contributed by atoms with E-state index in [1.54, 1.807) is 47.9 Å². The SMILES string of the molecule is Cc1cc2c(cc1OCCCCCC(=O)N1C[C@@H](CCl)c3c1cc(OP(=O)(O)O)c1ccccc31)N(C(=O)C(C)C)C(O)[C@@H]1CCCN1C2=O.